The van der Waals surface area contributed by atoms with Gasteiger partial charge in [0.05, 0.1) is 18.4 Å². The monoisotopic (exact) mass is 357 g/mol. The molecule has 1 aromatic rings. The van der Waals surface area contributed by atoms with Crippen molar-refractivity contribution in [3.63, 3.8) is 0 Å². The highest BCUT2D eigenvalue weighted by atomic mass is 16.3. The summed E-state index contributed by atoms with van der Waals surface area (Å²) in [6.07, 6.45) is 6.05. The molecule has 25 heavy (non-hydrogen) atoms. The molecule has 0 radical (unpaired) electrons. The second-order valence-corrected chi connectivity index (χ2v) is 5.57. The predicted molar refractivity (Wildman–Crippen MR) is 90.0 cm³/mol. The van der Waals surface area contributed by atoms with Crippen molar-refractivity contribution in [2.45, 2.75) is 51.6 Å². The van der Waals surface area contributed by atoms with E-state index in [-0.39, 0.29) is 18.9 Å². The van der Waals surface area contributed by atoms with Gasteiger partial charge in [-0.1, -0.05) is 6.42 Å². The van der Waals surface area contributed by atoms with Crippen molar-refractivity contribution in [1.82, 2.24) is 25.6 Å². The summed E-state index contributed by atoms with van der Waals surface area (Å²) < 4.78 is 0. The zero-order valence-corrected chi connectivity index (χ0v) is 14.6. The van der Waals surface area contributed by atoms with Crippen LogP contribution >= 0.6 is 0 Å². The quantitative estimate of drug-likeness (QED) is 0.543. The topological polar surface area (TPSA) is 149 Å². The molecule has 1 amide bonds. The molecule has 10 nitrogen and oxygen atoms in total. The third-order valence-corrected chi connectivity index (χ3v) is 3.87. The van der Waals surface area contributed by atoms with Gasteiger partial charge in [-0.25, -0.2) is 0 Å². The Morgan fingerprint density at radius 3 is 2.36 bits per heavy atom. The van der Waals surface area contributed by atoms with E-state index in [0.29, 0.717) is 31.6 Å². The van der Waals surface area contributed by atoms with Gasteiger partial charge in [0.2, 0.25) is 5.91 Å². The van der Waals surface area contributed by atoms with Crippen LogP contribution in [0, 0.1) is 0 Å². The SMILES string of the molecule is C[C@@H]1CCC[C@H](C)N1CC(=O)NCCc1cn[nH]n1.O=CO.O=CO. The highest BCUT2D eigenvalue weighted by Gasteiger charge is 2.26. The number of hydrogen-bond donors (Lipinski definition) is 4. The summed E-state index contributed by atoms with van der Waals surface area (Å²) in [7, 11) is 0. The Labute approximate surface area is 146 Å². The van der Waals surface area contributed by atoms with Gasteiger partial charge in [0.25, 0.3) is 12.9 Å². The number of rotatable bonds is 5. The number of aromatic amines is 1. The van der Waals surface area contributed by atoms with E-state index in [9.17, 15) is 4.79 Å². The molecule has 142 valence electrons. The fourth-order valence-corrected chi connectivity index (χ4v) is 2.68. The zero-order chi connectivity index (χ0) is 19.1. The predicted octanol–water partition coefficient (Wildman–Crippen LogP) is 0.128. The number of H-pyrrole nitrogens is 1. The van der Waals surface area contributed by atoms with E-state index >= 15 is 0 Å². The summed E-state index contributed by atoms with van der Waals surface area (Å²) in [5.41, 5.74) is 0.875. The second kappa shape index (κ2) is 13.9. The second-order valence-electron chi connectivity index (χ2n) is 5.57. The molecule has 0 spiro atoms. The molecular weight excluding hydrogens is 330 g/mol. The number of piperidine rings is 1. The van der Waals surface area contributed by atoms with Crippen molar-refractivity contribution in [2.24, 2.45) is 0 Å². The molecule has 1 aliphatic rings. The lowest BCUT2D eigenvalue weighted by molar-refractivity contribution is -0.124. The van der Waals surface area contributed by atoms with Crippen molar-refractivity contribution < 1.29 is 24.6 Å². The van der Waals surface area contributed by atoms with Crippen LogP contribution in [-0.2, 0) is 20.8 Å². The highest BCUT2D eigenvalue weighted by molar-refractivity contribution is 5.78. The van der Waals surface area contributed by atoms with Crippen molar-refractivity contribution in [3.8, 4) is 0 Å². The number of aromatic nitrogens is 3. The lowest BCUT2D eigenvalue weighted by Crippen LogP contribution is -2.48. The van der Waals surface area contributed by atoms with E-state index in [4.69, 9.17) is 19.8 Å². The third-order valence-electron chi connectivity index (χ3n) is 3.87. The molecule has 1 aliphatic heterocycles. The molecule has 0 aliphatic carbocycles. The van der Waals surface area contributed by atoms with E-state index in [0.717, 1.165) is 5.69 Å². The molecule has 2 rings (SSSR count). The number of carbonyl (C=O) groups excluding carboxylic acids is 1. The lowest BCUT2D eigenvalue weighted by atomic mass is 9.97. The molecule has 1 fully saturated rings. The van der Waals surface area contributed by atoms with E-state index in [1.54, 1.807) is 6.20 Å². The smallest absolute Gasteiger partial charge is 0.290 e. The summed E-state index contributed by atoms with van der Waals surface area (Å²) in [4.78, 5) is 31.0. The first-order valence-electron chi connectivity index (χ1n) is 8.02. The van der Waals surface area contributed by atoms with Gasteiger partial charge in [-0.3, -0.25) is 19.3 Å². The number of nitrogens with zero attached hydrogens (tertiary/aromatic N) is 3. The van der Waals surface area contributed by atoms with Gasteiger partial charge in [-0.15, -0.1) is 0 Å². The molecule has 0 aromatic carbocycles. The zero-order valence-electron chi connectivity index (χ0n) is 14.6. The maximum absolute atomic E-state index is 11.9. The third kappa shape index (κ3) is 10.1. The summed E-state index contributed by atoms with van der Waals surface area (Å²) in [6, 6.07) is 1.01. The average molecular weight is 357 g/mol. The van der Waals surface area contributed by atoms with Crippen LogP contribution in [0.25, 0.3) is 0 Å². The largest absolute Gasteiger partial charge is 0.483 e. The fraction of sp³-hybridized carbons (Fsp3) is 0.667. The molecule has 2 heterocycles. The van der Waals surface area contributed by atoms with E-state index in [1.165, 1.54) is 19.3 Å². The molecular formula is C15H27N5O5. The Morgan fingerprint density at radius 2 is 1.88 bits per heavy atom. The molecule has 1 saturated heterocycles. The van der Waals surface area contributed by atoms with Gasteiger partial charge in [0.15, 0.2) is 0 Å². The first-order chi connectivity index (χ1) is 12.0. The number of hydrogen-bond acceptors (Lipinski definition) is 6. The van der Waals surface area contributed by atoms with Crippen LogP contribution in [0.1, 0.15) is 38.8 Å². The van der Waals surface area contributed by atoms with Crippen LogP contribution in [0.3, 0.4) is 0 Å². The Bertz CT molecular complexity index is 467. The van der Waals surface area contributed by atoms with Crippen LogP contribution in [0.4, 0.5) is 0 Å². The number of likely N-dealkylation sites (tertiary alicyclic amines) is 1. The first-order valence-corrected chi connectivity index (χ1v) is 8.02. The molecule has 0 bridgehead atoms. The summed E-state index contributed by atoms with van der Waals surface area (Å²) in [5.74, 6) is 0.101. The first kappa shape index (κ1) is 22.5. The molecule has 2 atom stereocenters. The lowest BCUT2D eigenvalue weighted by Gasteiger charge is -2.38. The normalized spacial score (nSPS) is 19.4. The van der Waals surface area contributed by atoms with E-state index in [1.807, 2.05) is 0 Å². The van der Waals surface area contributed by atoms with Crippen molar-refractivity contribution in [3.05, 3.63) is 11.9 Å². The average Bonchev–Trinajstić information content (AvgIpc) is 3.06. The Kier molecular flexibility index (Phi) is 12.5. The number of amides is 1. The molecule has 0 unspecified atom stereocenters. The molecule has 0 saturated carbocycles. The van der Waals surface area contributed by atoms with Crippen LogP contribution < -0.4 is 5.32 Å². The highest BCUT2D eigenvalue weighted by Crippen LogP contribution is 2.21. The summed E-state index contributed by atoms with van der Waals surface area (Å²) >= 11 is 0. The van der Waals surface area contributed by atoms with Gasteiger partial charge in [0, 0.05) is 25.0 Å². The van der Waals surface area contributed by atoms with Crippen molar-refractivity contribution >= 4 is 18.9 Å². The molecule has 10 heteroatoms. The van der Waals surface area contributed by atoms with Crippen LogP contribution in [-0.4, -0.2) is 74.5 Å². The fourth-order valence-electron chi connectivity index (χ4n) is 2.68. The number of nitrogens with one attached hydrogen (secondary N) is 2. The van der Waals surface area contributed by atoms with Gasteiger partial charge < -0.3 is 15.5 Å². The molecule has 1 aromatic heterocycles. The Morgan fingerprint density at radius 1 is 1.32 bits per heavy atom. The maximum Gasteiger partial charge on any atom is 0.290 e. The summed E-state index contributed by atoms with van der Waals surface area (Å²) in [6.45, 7) is 5.03. The summed E-state index contributed by atoms with van der Waals surface area (Å²) in [5, 5.41) is 27.0. The minimum atomic E-state index is -0.250. The number of carbonyl (C=O) groups is 3. The van der Waals surface area contributed by atoms with Gasteiger partial charge >= 0.3 is 0 Å². The van der Waals surface area contributed by atoms with E-state index in [2.05, 4.69) is 39.5 Å². The standard InChI is InChI=1S/C13H23N5O.2CH2O2/c1-10-4-3-5-11(2)18(10)9-13(19)14-7-6-12-8-15-17-16-12;2*2-1-3/h8,10-11H,3-7,9H2,1-2H3,(H,14,19)(H,15,16,17);2*1H,(H,2,3)/t10-,11+;;. The minimum absolute atomic E-state index is 0.101. The van der Waals surface area contributed by atoms with Crippen LogP contribution in [0.2, 0.25) is 0 Å². The van der Waals surface area contributed by atoms with Crippen molar-refractivity contribution in [1.29, 1.82) is 0 Å². The van der Waals surface area contributed by atoms with Gasteiger partial charge in [-0.2, -0.15) is 15.4 Å². The van der Waals surface area contributed by atoms with Crippen molar-refractivity contribution in [2.75, 3.05) is 13.1 Å². The Balaban J connectivity index is 0.000000844. The Hall–Kier alpha value is -2.49. The van der Waals surface area contributed by atoms with Crippen LogP contribution in [0.15, 0.2) is 6.20 Å². The van der Waals surface area contributed by atoms with Gasteiger partial charge in [-0.05, 0) is 26.7 Å². The van der Waals surface area contributed by atoms with E-state index < -0.39 is 0 Å². The van der Waals surface area contributed by atoms with Gasteiger partial charge in [0.1, 0.15) is 0 Å². The minimum Gasteiger partial charge on any atom is -0.483 e. The molecule has 4 N–H and O–H groups in total. The van der Waals surface area contributed by atoms with Crippen LogP contribution in [0.5, 0.6) is 0 Å². The number of carboxylic acid groups (broad SMARTS) is 2. The maximum atomic E-state index is 11.9.